The summed E-state index contributed by atoms with van der Waals surface area (Å²) in [5.41, 5.74) is 0.180. The van der Waals surface area contributed by atoms with E-state index in [1.165, 1.54) is 6.20 Å². The molecule has 1 fully saturated rings. The molecule has 21 heavy (non-hydrogen) atoms. The highest BCUT2D eigenvalue weighted by Gasteiger charge is 2.46. The first kappa shape index (κ1) is 15.5. The maximum Gasteiger partial charge on any atom is 0.307 e. The number of carbonyl (C=O) groups is 2. The molecule has 1 heterocycles. The number of carbonyl (C=O) groups excluding carboxylic acids is 1. The van der Waals surface area contributed by atoms with Crippen LogP contribution in [0.25, 0.3) is 0 Å². The number of amides is 1. The Kier molecular flexibility index (Phi) is 4.07. The zero-order valence-electron chi connectivity index (χ0n) is 13.0. The number of aromatic nitrogens is 2. The Balaban J connectivity index is 2.09. The van der Waals surface area contributed by atoms with Crippen LogP contribution in [-0.2, 0) is 11.8 Å². The second-order valence-corrected chi connectivity index (χ2v) is 6.56. The molecule has 0 bridgehead atoms. The summed E-state index contributed by atoms with van der Waals surface area (Å²) in [4.78, 5) is 23.6. The molecule has 6 nitrogen and oxygen atoms in total. The van der Waals surface area contributed by atoms with Crippen molar-refractivity contribution >= 4 is 11.9 Å². The average Bonchev–Trinajstić information content (AvgIpc) is 2.81. The maximum absolute atomic E-state index is 12.2. The van der Waals surface area contributed by atoms with Crippen LogP contribution in [0.1, 0.15) is 44.0 Å². The molecule has 3 atom stereocenters. The molecule has 1 aromatic heterocycles. The zero-order valence-corrected chi connectivity index (χ0v) is 13.0. The highest BCUT2D eigenvalue weighted by atomic mass is 16.4. The van der Waals surface area contributed by atoms with Crippen LogP contribution in [0.5, 0.6) is 0 Å². The minimum Gasteiger partial charge on any atom is -0.481 e. The van der Waals surface area contributed by atoms with Gasteiger partial charge < -0.3 is 10.4 Å². The van der Waals surface area contributed by atoms with E-state index in [1.54, 1.807) is 17.9 Å². The van der Waals surface area contributed by atoms with Crippen LogP contribution < -0.4 is 5.32 Å². The van der Waals surface area contributed by atoms with Crippen molar-refractivity contribution in [3.63, 3.8) is 0 Å². The number of rotatable bonds is 3. The van der Waals surface area contributed by atoms with E-state index >= 15 is 0 Å². The molecule has 1 aliphatic rings. The summed E-state index contributed by atoms with van der Waals surface area (Å²) in [6, 6.07) is -0.0108. The monoisotopic (exact) mass is 293 g/mol. The van der Waals surface area contributed by atoms with Gasteiger partial charge >= 0.3 is 5.97 Å². The summed E-state index contributed by atoms with van der Waals surface area (Å²) in [5.74, 6) is -1.17. The van der Waals surface area contributed by atoms with Gasteiger partial charge in [-0.3, -0.25) is 14.3 Å². The molecule has 2 rings (SSSR count). The first-order valence-electron chi connectivity index (χ1n) is 7.25. The molecular weight excluding hydrogens is 270 g/mol. The smallest absolute Gasteiger partial charge is 0.307 e. The lowest BCUT2D eigenvalue weighted by molar-refractivity contribution is -0.150. The number of hydrogen-bond donors (Lipinski definition) is 2. The minimum absolute atomic E-state index is 0.0108. The number of nitrogens with zero attached hydrogens (tertiary/aromatic N) is 2. The topological polar surface area (TPSA) is 84.2 Å². The molecule has 1 saturated carbocycles. The fourth-order valence-corrected chi connectivity index (χ4v) is 3.23. The molecule has 6 heteroatoms. The second-order valence-electron chi connectivity index (χ2n) is 6.56. The summed E-state index contributed by atoms with van der Waals surface area (Å²) in [6.45, 7) is 5.96. The Morgan fingerprint density at radius 1 is 1.43 bits per heavy atom. The molecule has 0 saturated heterocycles. The number of hydrogen-bond acceptors (Lipinski definition) is 3. The SMILES string of the molecule is CC1C(NC(=O)c2cnn(C)c2)CCC(C(=O)O)C1(C)C. The number of aliphatic carboxylic acids is 1. The van der Waals surface area contributed by atoms with E-state index in [1.807, 2.05) is 20.8 Å². The molecule has 3 unspecified atom stereocenters. The van der Waals surface area contributed by atoms with Crippen molar-refractivity contribution in [1.29, 1.82) is 0 Å². The van der Waals surface area contributed by atoms with Gasteiger partial charge in [0, 0.05) is 19.3 Å². The van der Waals surface area contributed by atoms with Gasteiger partial charge in [-0.05, 0) is 24.2 Å². The fourth-order valence-electron chi connectivity index (χ4n) is 3.23. The number of carboxylic acids is 1. The minimum atomic E-state index is -0.746. The summed E-state index contributed by atoms with van der Waals surface area (Å²) < 4.78 is 1.59. The van der Waals surface area contributed by atoms with Gasteiger partial charge in [0.05, 0.1) is 17.7 Å². The molecule has 2 N–H and O–H groups in total. The largest absolute Gasteiger partial charge is 0.481 e. The third kappa shape index (κ3) is 2.94. The van der Waals surface area contributed by atoms with Crippen molar-refractivity contribution < 1.29 is 14.7 Å². The normalized spacial score (nSPS) is 28.1. The van der Waals surface area contributed by atoms with E-state index in [9.17, 15) is 14.7 Å². The fraction of sp³-hybridized carbons (Fsp3) is 0.667. The van der Waals surface area contributed by atoms with Crippen LogP contribution in [0, 0.1) is 17.3 Å². The molecule has 0 radical (unpaired) electrons. The molecule has 0 aromatic carbocycles. The number of aryl methyl sites for hydroxylation is 1. The average molecular weight is 293 g/mol. The summed E-state index contributed by atoms with van der Waals surface area (Å²) in [6.07, 6.45) is 4.49. The Bertz CT molecular complexity index is 550. The van der Waals surface area contributed by atoms with E-state index in [2.05, 4.69) is 10.4 Å². The lowest BCUT2D eigenvalue weighted by atomic mass is 9.61. The summed E-state index contributed by atoms with van der Waals surface area (Å²) in [5, 5.41) is 16.4. The van der Waals surface area contributed by atoms with E-state index < -0.39 is 5.97 Å². The first-order valence-corrected chi connectivity index (χ1v) is 7.25. The van der Waals surface area contributed by atoms with Gasteiger partial charge in [-0.1, -0.05) is 20.8 Å². The van der Waals surface area contributed by atoms with Gasteiger partial charge in [0.2, 0.25) is 0 Å². The van der Waals surface area contributed by atoms with Crippen LogP contribution in [0.3, 0.4) is 0 Å². The lowest BCUT2D eigenvalue weighted by Gasteiger charge is -2.46. The molecule has 1 aromatic rings. The van der Waals surface area contributed by atoms with Crippen LogP contribution in [0.4, 0.5) is 0 Å². The van der Waals surface area contributed by atoms with Crippen LogP contribution in [-0.4, -0.2) is 32.8 Å². The van der Waals surface area contributed by atoms with Gasteiger partial charge in [-0.2, -0.15) is 5.10 Å². The molecule has 1 amide bonds. The predicted octanol–water partition coefficient (Wildman–Crippen LogP) is 1.68. The lowest BCUT2D eigenvalue weighted by Crippen LogP contribution is -2.52. The van der Waals surface area contributed by atoms with Crippen molar-refractivity contribution in [2.75, 3.05) is 0 Å². The molecule has 0 aliphatic heterocycles. The Labute approximate surface area is 124 Å². The zero-order chi connectivity index (χ0) is 15.8. The van der Waals surface area contributed by atoms with Crippen molar-refractivity contribution in [2.45, 2.75) is 39.7 Å². The first-order chi connectivity index (χ1) is 9.73. The van der Waals surface area contributed by atoms with E-state index in [0.29, 0.717) is 18.4 Å². The highest BCUT2D eigenvalue weighted by molar-refractivity contribution is 5.93. The van der Waals surface area contributed by atoms with E-state index in [4.69, 9.17) is 0 Å². The molecule has 0 spiro atoms. The summed E-state index contributed by atoms with van der Waals surface area (Å²) in [7, 11) is 1.76. The Morgan fingerprint density at radius 3 is 2.62 bits per heavy atom. The van der Waals surface area contributed by atoms with Crippen molar-refractivity contribution in [3.05, 3.63) is 18.0 Å². The maximum atomic E-state index is 12.2. The van der Waals surface area contributed by atoms with Gasteiger partial charge in [0.1, 0.15) is 0 Å². The van der Waals surface area contributed by atoms with Crippen molar-refractivity contribution in [2.24, 2.45) is 24.3 Å². The summed E-state index contributed by atoms with van der Waals surface area (Å²) >= 11 is 0. The third-order valence-corrected chi connectivity index (χ3v) is 5.02. The van der Waals surface area contributed by atoms with Gasteiger partial charge in [-0.15, -0.1) is 0 Å². The van der Waals surface area contributed by atoms with Gasteiger partial charge in [0.25, 0.3) is 5.91 Å². The predicted molar refractivity (Wildman–Crippen MR) is 77.8 cm³/mol. The number of nitrogens with one attached hydrogen (secondary N) is 1. The highest BCUT2D eigenvalue weighted by Crippen LogP contribution is 2.45. The van der Waals surface area contributed by atoms with Crippen LogP contribution in [0.2, 0.25) is 0 Å². The van der Waals surface area contributed by atoms with Crippen molar-refractivity contribution in [3.8, 4) is 0 Å². The van der Waals surface area contributed by atoms with E-state index in [0.717, 1.165) is 0 Å². The molecule has 116 valence electrons. The third-order valence-electron chi connectivity index (χ3n) is 5.02. The second kappa shape index (κ2) is 5.50. The van der Waals surface area contributed by atoms with Gasteiger partial charge in [0.15, 0.2) is 0 Å². The number of carboxylic acid groups (broad SMARTS) is 1. The van der Waals surface area contributed by atoms with Crippen LogP contribution in [0.15, 0.2) is 12.4 Å². The quantitative estimate of drug-likeness (QED) is 0.888. The van der Waals surface area contributed by atoms with Crippen LogP contribution >= 0.6 is 0 Å². The van der Waals surface area contributed by atoms with Crippen molar-refractivity contribution in [1.82, 2.24) is 15.1 Å². The van der Waals surface area contributed by atoms with E-state index in [-0.39, 0.29) is 29.2 Å². The molecular formula is C15H23N3O3. The Morgan fingerprint density at radius 2 is 2.10 bits per heavy atom. The standard InChI is InChI=1S/C15H23N3O3/c1-9-12(6-5-11(14(20)21)15(9,2)3)17-13(19)10-7-16-18(4)8-10/h7-9,11-12H,5-6H2,1-4H3,(H,17,19)(H,20,21). The Hall–Kier alpha value is -1.85. The molecule has 1 aliphatic carbocycles. The van der Waals surface area contributed by atoms with Gasteiger partial charge in [-0.25, -0.2) is 0 Å².